The van der Waals surface area contributed by atoms with Crippen LogP contribution in [-0.2, 0) is 13.0 Å². The third-order valence-electron chi connectivity index (χ3n) is 3.57. The van der Waals surface area contributed by atoms with E-state index in [9.17, 15) is 4.79 Å². The first kappa shape index (κ1) is 12.8. The van der Waals surface area contributed by atoms with E-state index in [0.717, 1.165) is 23.4 Å². The Hall–Kier alpha value is -2.17. The lowest BCUT2D eigenvalue weighted by Crippen LogP contribution is -2.36. The van der Waals surface area contributed by atoms with Crippen LogP contribution in [0.3, 0.4) is 0 Å². The van der Waals surface area contributed by atoms with Crippen molar-refractivity contribution in [3.05, 3.63) is 47.1 Å². The van der Waals surface area contributed by atoms with E-state index in [1.807, 2.05) is 26.0 Å². The molecule has 2 aromatic rings. The molecule has 0 saturated heterocycles. The van der Waals surface area contributed by atoms with Crippen molar-refractivity contribution in [3.63, 3.8) is 0 Å². The van der Waals surface area contributed by atoms with Gasteiger partial charge in [0.15, 0.2) is 5.69 Å². The zero-order valence-corrected chi connectivity index (χ0v) is 11.7. The van der Waals surface area contributed by atoms with Gasteiger partial charge in [0.2, 0.25) is 0 Å². The highest BCUT2D eigenvalue weighted by Gasteiger charge is 2.25. The lowest BCUT2D eigenvalue weighted by atomic mass is 10.1. The number of amides is 1. The number of fused-ring (bicyclic) bond motifs is 1. The molecule has 5 nitrogen and oxygen atoms in total. The van der Waals surface area contributed by atoms with Gasteiger partial charge in [0.25, 0.3) is 5.91 Å². The molecule has 0 aliphatic carbocycles. The molecular formula is C15H17N3O2. The fourth-order valence-corrected chi connectivity index (χ4v) is 2.36. The zero-order chi connectivity index (χ0) is 14.1. The highest BCUT2D eigenvalue weighted by molar-refractivity contribution is 5.92. The van der Waals surface area contributed by atoms with E-state index in [1.165, 1.54) is 0 Å². The van der Waals surface area contributed by atoms with Crippen molar-refractivity contribution < 1.29 is 9.32 Å². The molecule has 0 aromatic carbocycles. The fraction of sp³-hybridized carbons (Fsp3) is 0.400. The normalized spacial score (nSPS) is 14.4. The van der Waals surface area contributed by atoms with Crippen molar-refractivity contribution in [2.45, 2.75) is 32.7 Å². The highest BCUT2D eigenvalue weighted by atomic mass is 16.5. The standard InChI is InChI=1S/C15H17N3O2/c1-10(2)14-8-13(17-20-14)15(19)18-7-5-12-11(9-18)4-3-6-16-12/h3-4,6,8,10H,5,7,9H2,1-2H3. The number of aromatic nitrogens is 2. The molecule has 0 radical (unpaired) electrons. The first-order chi connectivity index (χ1) is 9.65. The summed E-state index contributed by atoms with van der Waals surface area (Å²) in [6, 6.07) is 5.66. The first-order valence-electron chi connectivity index (χ1n) is 6.84. The quantitative estimate of drug-likeness (QED) is 0.841. The summed E-state index contributed by atoms with van der Waals surface area (Å²) in [6.07, 6.45) is 2.58. The van der Waals surface area contributed by atoms with Gasteiger partial charge in [-0.3, -0.25) is 9.78 Å². The van der Waals surface area contributed by atoms with E-state index in [0.29, 0.717) is 18.8 Å². The Morgan fingerprint density at radius 3 is 3.05 bits per heavy atom. The molecule has 0 unspecified atom stereocenters. The Labute approximate surface area is 117 Å². The minimum Gasteiger partial charge on any atom is -0.360 e. The van der Waals surface area contributed by atoms with Crippen LogP contribution in [0.25, 0.3) is 0 Å². The van der Waals surface area contributed by atoms with Crippen LogP contribution in [0.2, 0.25) is 0 Å². The molecule has 3 heterocycles. The minimum absolute atomic E-state index is 0.0739. The SMILES string of the molecule is CC(C)c1cc(C(=O)N2CCc3ncccc3C2)no1. The molecule has 0 saturated carbocycles. The fourth-order valence-electron chi connectivity index (χ4n) is 2.36. The summed E-state index contributed by atoms with van der Waals surface area (Å²) in [6.45, 7) is 5.29. The Morgan fingerprint density at radius 1 is 1.45 bits per heavy atom. The number of carbonyl (C=O) groups excluding carboxylic acids is 1. The van der Waals surface area contributed by atoms with Gasteiger partial charge >= 0.3 is 0 Å². The maximum absolute atomic E-state index is 12.4. The largest absolute Gasteiger partial charge is 0.360 e. The number of pyridine rings is 1. The third kappa shape index (κ3) is 2.31. The lowest BCUT2D eigenvalue weighted by Gasteiger charge is -2.27. The minimum atomic E-state index is -0.0739. The molecule has 0 fully saturated rings. The van der Waals surface area contributed by atoms with Crippen LogP contribution in [0.5, 0.6) is 0 Å². The van der Waals surface area contributed by atoms with Crippen molar-refractivity contribution in [1.82, 2.24) is 15.0 Å². The van der Waals surface area contributed by atoms with E-state index in [-0.39, 0.29) is 11.8 Å². The number of hydrogen-bond donors (Lipinski definition) is 0. The molecule has 2 aromatic heterocycles. The second-order valence-corrected chi connectivity index (χ2v) is 5.36. The Kier molecular flexibility index (Phi) is 3.26. The average molecular weight is 271 g/mol. The molecule has 3 rings (SSSR count). The molecule has 0 N–H and O–H groups in total. The van der Waals surface area contributed by atoms with Crippen LogP contribution in [0.4, 0.5) is 0 Å². The Balaban J connectivity index is 1.78. The topological polar surface area (TPSA) is 59.2 Å². The van der Waals surface area contributed by atoms with Gasteiger partial charge in [-0.15, -0.1) is 0 Å². The van der Waals surface area contributed by atoms with Crippen LogP contribution in [-0.4, -0.2) is 27.5 Å². The molecule has 0 bridgehead atoms. The van der Waals surface area contributed by atoms with Gasteiger partial charge in [-0.2, -0.15) is 0 Å². The van der Waals surface area contributed by atoms with Gasteiger partial charge in [-0.05, 0) is 11.6 Å². The molecule has 104 valence electrons. The monoisotopic (exact) mass is 271 g/mol. The summed E-state index contributed by atoms with van der Waals surface area (Å²) in [5, 5.41) is 3.89. The predicted molar refractivity (Wildman–Crippen MR) is 73.3 cm³/mol. The van der Waals surface area contributed by atoms with Gasteiger partial charge < -0.3 is 9.42 Å². The van der Waals surface area contributed by atoms with Gasteiger partial charge in [-0.1, -0.05) is 25.1 Å². The summed E-state index contributed by atoms with van der Waals surface area (Å²) in [5.41, 5.74) is 2.58. The van der Waals surface area contributed by atoms with Crippen LogP contribution in [0, 0.1) is 0 Å². The second-order valence-electron chi connectivity index (χ2n) is 5.36. The van der Waals surface area contributed by atoms with E-state index >= 15 is 0 Å². The molecule has 1 aliphatic rings. The molecular weight excluding hydrogens is 254 g/mol. The van der Waals surface area contributed by atoms with Crippen molar-refractivity contribution >= 4 is 5.91 Å². The molecule has 1 amide bonds. The summed E-state index contributed by atoms with van der Waals surface area (Å²) in [4.78, 5) is 18.6. The van der Waals surface area contributed by atoms with Crippen molar-refractivity contribution in [2.24, 2.45) is 0 Å². The summed E-state index contributed by atoms with van der Waals surface area (Å²) >= 11 is 0. The first-order valence-corrected chi connectivity index (χ1v) is 6.84. The third-order valence-corrected chi connectivity index (χ3v) is 3.57. The van der Waals surface area contributed by atoms with E-state index < -0.39 is 0 Å². The van der Waals surface area contributed by atoms with Gasteiger partial charge in [0.1, 0.15) is 5.76 Å². The zero-order valence-electron chi connectivity index (χ0n) is 11.7. The highest BCUT2D eigenvalue weighted by Crippen LogP contribution is 2.20. The number of rotatable bonds is 2. The lowest BCUT2D eigenvalue weighted by molar-refractivity contribution is 0.0723. The molecule has 1 aliphatic heterocycles. The van der Waals surface area contributed by atoms with E-state index in [1.54, 1.807) is 17.2 Å². The Bertz CT molecular complexity index is 634. The van der Waals surface area contributed by atoms with Crippen LogP contribution < -0.4 is 0 Å². The molecule has 5 heteroatoms. The number of hydrogen-bond acceptors (Lipinski definition) is 4. The molecule has 0 spiro atoms. The van der Waals surface area contributed by atoms with E-state index in [4.69, 9.17) is 4.52 Å². The Morgan fingerprint density at radius 2 is 2.30 bits per heavy atom. The molecule has 20 heavy (non-hydrogen) atoms. The summed E-state index contributed by atoms with van der Waals surface area (Å²) < 4.78 is 5.20. The predicted octanol–water partition coefficient (Wildman–Crippen LogP) is 2.39. The summed E-state index contributed by atoms with van der Waals surface area (Å²) in [5.74, 6) is 0.901. The van der Waals surface area contributed by atoms with Crippen LogP contribution in [0.1, 0.15) is 47.3 Å². The maximum atomic E-state index is 12.4. The van der Waals surface area contributed by atoms with Crippen molar-refractivity contribution in [3.8, 4) is 0 Å². The number of nitrogens with zero attached hydrogens (tertiary/aromatic N) is 3. The van der Waals surface area contributed by atoms with E-state index in [2.05, 4.69) is 10.1 Å². The van der Waals surface area contributed by atoms with Crippen molar-refractivity contribution in [2.75, 3.05) is 6.54 Å². The number of carbonyl (C=O) groups is 1. The molecule has 0 atom stereocenters. The average Bonchev–Trinajstić information content (AvgIpc) is 2.96. The van der Waals surface area contributed by atoms with Gasteiger partial charge in [0.05, 0.1) is 0 Å². The second kappa shape index (κ2) is 5.07. The van der Waals surface area contributed by atoms with Crippen molar-refractivity contribution in [1.29, 1.82) is 0 Å². The maximum Gasteiger partial charge on any atom is 0.276 e. The van der Waals surface area contributed by atoms with Crippen LogP contribution >= 0.6 is 0 Å². The van der Waals surface area contributed by atoms with Gasteiger partial charge in [-0.25, -0.2) is 0 Å². The van der Waals surface area contributed by atoms with Crippen LogP contribution in [0.15, 0.2) is 28.9 Å². The smallest absolute Gasteiger partial charge is 0.276 e. The summed E-state index contributed by atoms with van der Waals surface area (Å²) in [7, 11) is 0. The van der Waals surface area contributed by atoms with Gasteiger partial charge in [0, 0.05) is 43.4 Å².